The van der Waals surface area contributed by atoms with Gasteiger partial charge in [-0.1, -0.05) is 48.5 Å². The Balaban J connectivity index is 1.91. The van der Waals surface area contributed by atoms with E-state index >= 15 is 0 Å². The second kappa shape index (κ2) is 6.36. The molecule has 0 atom stereocenters. The van der Waals surface area contributed by atoms with E-state index in [1.807, 2.05) is 48.5 Å². The molecule has 3 aromatic carbocycles. The molecule has 0 aliphatic rings. The Kier molecular flexibility index (Phi) is 4.11. The maximum Gasteiger partial charge on any atom is 0.185 e. The Hall–Kier alpha value is -3.07. The Labute approximate surface area is 134 Å². The average molecular weight is 304 g/mol. The Morgan fingerprint density at radius 1 is 1.04 bits per heavy atom. The van der Waals surface area contributed by atoms with Gasteiger partial charge < -0.3 is 9.84 Å². The van der Waals surface area contributed by atoms with Gasteiger partial charge in [-0.2, -0.15) is 0 Å². The molecule has 114 valence electrons. The lowest BCUT2D eigenvalue weighted by Crippen LogP contribution is -1.95. The molecule has 0 aliphatic carbocycles. The highest BCUT2D eigenvalue weighted by atomic mass is 16.5. The van der Waals surface area contributed by atoms with Crippen LogP contribution in [0, 0.1) is 0 Å². The molecule has 0 saturated carbocycles. The van der Waals surface area contributed by atoms with Crippen LogP contribution in [-0.4, -0.2) is 18.0 Å². The van der Waals surface area contributed by atoms with Crippen molar-refractivity contribution in [1.29, 1.82) is 0 Å². The van der Waals surface area contributed by atoms with Gasteiger partial charge in [0.05, 0.1) is 7.11 Å². The summed E-state index contributed by atoms with van der Waals surface area (Å²) in [6.07, 6.45) is 3.34. The number of carbonyl (C=O) groups is 1. The maximum atomic E-state index is 12.3. The van der Waals surface area contributed by atoms with Crippen molar-refractivity contribution in [3.05, 3.63) is 77.9 Å². The predicted molar refractivity (Wildman–Crippen MR) is 92.0 cm³/mol. The number of aromatic hydroxyl groups is 1. The fourth-order valence-corrected chi connectivity index (χ4v) is 2.49. The van der Waals surface area contributed by atoms with Crippen molar-refractivity contribution in [2.75, 3.05) is 7.11 Å². The smallest absolute Gasteiger partial charge is 0.185 e. The summed E-state index contributed by atoms with van der Waals surface area (Å²) in [5, 5.41) is 11.8. The number of rotatable bonds is 4. The van der Waals surface area contributed by atoms with Gasteiger partial charge in [0.2, 0.25) is 0 Å². The minimum Gasteiger partial charge on any atom is -0.504 e. The highest BCUT2D eigenvalue weighted by Crippen LogP contribution is 2.27. The Morgan fingerprint density at radius 2 is 1.83 bits per heavy atom. The number of allylic oxidation sites excluding steroid dienone is 1. The normalized spacial score (nSPS) is 11.0. The van der Waals surface area contributed by atoms with E-state index < -0.39 is 0 Å². The summed E-state index contributed by atoms with van der Waals surface area (Å²) in [6, 6.07) is 18.6. The zero-order chi connectivity index (χ0) is 16.2. The molecule has 0 aliphatic heterocycles. The van der Waals surface area contributed by atoms with E-state index in [0.29, 0.717) is 5.56 Å². The van der Waals surface area contributed by atoms with Crippen LogP contribution in [0.4, 0.5) is 0 Å². The number of phenols is 1. The maximum absolute atomic E-state index is 12.3. The molecule has 3 heteroatoms. The van der Waals surface area contributed by atoms with Crippen molar-refractivity contribution in [3.8, 4) is 11.5 Å². The third-order valence-corrected chi connectivity index (χ3v) is 3.70. The molecular formula is C20H16O3. The number of hydrogen-bond acceptors (Lipinski definition) is 3. The van der Waals surface area contributed by atoms with Crippen molar-refractivity contribution < 1.29 is 14.6 Å². The molecule has 0 saturated heterocycles. The quantitative estimate of drug-likeness (QED) is 0.572. The standard InChI is InChI=1S/C20H16O3/c1-23-20-13-16(10-12-19(20)22)18(21)11-9-15-7-4-6-14-5-2-3-8-17(14)15/h2-13,22H,1H3. The first kappa shape index (κ1) is 14.9. The van der Waals surface area contributed by atoms with Crippen LogP contribution in [0.3, 0.4) is 0 Å². The van der Waals surface area contributed by atoms with Crippen LogP contribution in [0.15, 0.2) is 66.7 Å². The fourth-order valence-electron chi connectivity index (χ4n) is 2.49. The predicted octanol–water partition coefficient (Wildman–Crippen LogP) is 4.45. The summed E-state index contributed by atoms with van der Waals surface area (Å²) in [5.74, 6) is 0.160. The van der Waals surface area contributed by atoms with Crippen LogP contribution in [-0.2, 0) is 0 Å². The van der Waals surface area contributed by atoms with E-state index in [2.05, 4.69) is 0 Å². The van der Waals surface area contributed by atoms with E-state index in [1.165, 1.54) is 25.3 Å². The third kappa shape index (κ3) is 3.09. The summed E-state index contributed by atoms with van der Waals surface area (Å²) in [5.41, 5.74) is 1.46. The molecule has 0 bridgehead atoms. The molecule has 23 heavy (non-hydrogen) atoms. The van der Waals surface area contributed by atoms with Crippen molar-refractivity contribution in [2.45, 2.75) is 0 Å². The minimum absolute atomic E-state index is 0.0158. The second-order valence-corrected chi connectivity index (χ2v) is 5.15. The molecule has 3 nitrogen and oxygen atoms in total. The third-order valence-electron chi connectivity index (χ3n) is 3.70. The zero-order valence-corrected chi connectivity index (χ0v) is 12.7. The SMILES string of the molecule is COc1cc(C(=O)C=Cc2cccc3ccccc23)ccc1O. The van der Waals surface area contributed by atoms with Crippen LogP contribution in [0.1, 0.15) is 15.9 Å². The van der Waals surface area contributed by atoms with Gasteiger partial charge in [0, 0.05) is 5.56 Å². The van der Waals surface area contributed by atoms with Crippen molar-refractivity contribution in [3.63, 3.8) is 0 Å². The molecule has 0 unspecified atom stereocenters. The van der Waals surface area contributed by atoms with Gasteiger partial charge in [-0.25, -0.2) is 0 Å². The number of phenolic OH excluding ortho intramolecular Hbond substituents is 1. The number of fused-ring (bicyclic) bond motifs is 1. The molecule has 3 rings (SSSR count). The first-order valence-electron chi connectivity index (χ1n) is 7.26. The number of hydrogen-bond donors (Lipinski definition) is 1. The van der Waals surface area contributed by atoms with Crippen LogP contribution in [0.2, 0.25) is 0 Å². The lowest BCUT2D eigenvalue weighted by Gasteiger charge is -2.04. The van der Waals surface area contributed by atoms with Gasteiger partial charge in [0.25, 0.3) is 0 Å². The molecule has 0 fully saturated rings. The first-order valence-corrected chi connectivity index (χ1v) is 7.26. The van der Waals surface area contributed by atoms with E-state index in [9.17, 15) is 9.90 Å². The second-order valence-electron chi connectivity index (χ2n) is 5.15. The average Bonchev–Trinajstić information content (AvgIpc) is 2.60. The fraction of sp³-hybridized carbons (Fsp3) is 0.0500. The van der Waals surface area contributed by atoms with Gasteiger partial charge in [-0.05, 0) is 40.6 Å². The topological polar surface area (TPSA) is 46.5 Å². The Bertz CT molecular complexity index is 889. The molecule has 3 aromatic rings. The summed E-state index contributed by atoms with van der Waals surface area (Å²) in [7, 11) is 1.45. The number of ether oxygens (including phenoxy) is 1. The minimum atomic E-state index is -0.142. The first-order chi connectivity index (χ1) is 11.2. The summed E-state index contributed by atoms with van der Waals surface area (Å²) < 4.78 is 5.03. The van der Waals surface area contributed by atoms with Gasteiger partial charge in [0.1, 0.15) is 0 Å². The molecule has 1 N–H and O–H groups in total. The molecule has 0 spiro atoms. The number of benzene rings is 3. The molecule has 0 heterocycles. The van der Waals surface area contributed by atoms with Crippen LogP contribution < -0.4 is 4.74 Å². The van der Waals surface area contributed by atoms with E-state index in [1.54, 1.807) is 6.07 Å². The molecule has 0 amide bonds. The van der Waals surface area contributed by atoms with E-state index in [4.69, 9.17) is 4.74 Å². The largest absolute Gasteiger partial charge is 0.504 e. The number of methoxy groups -OCH3 is 1. The monoisotopic (exact) mass is 304 g/mol. The van der Waals surface area contributed by atoms with Crippen molar-refractivity contribution in [2.24, 2.45) is 0 Å². The van der Waals surface area contributed by atoms with Crippen molar-refractivity contribution >= 4 is 22.6 Å². The molecule has 0 aromatic heterocycles. The number of ketones is 1. The lowest BCUT2D eigenvalue weighted by molar-refractivity contribution is 0.104. The van der Waals surface area contributed by atoms with Gasteiger partial charge in [-0.3, -0.25) is 4.79 Å². The van der Waals surface area contributed by atoms with Gasteiger partial charge in [-0.15, -0.1) is 0 Å². The van der Waals surface area contributed by atoms with Crippen LogP contribution >= 0.6 is 0 Å². The summed E-state index contributed by atoms with van der Waals surface area (Å²) in [4.78, 5) is 12.3. The van der Waals surface area contributed by atoms with E-state index in [0.717, 1.165) is 16.3 Å². The summed E-state index contributed by atoms with van der Waals surface area (Å²) >= 11 is 0. The highest BCUT2D eigenvalue weighted by Gasteiger charge is 2.07. The van der Waals surface area contributed by atoms with Gasteiger partial charge in [0.15, 0.2) is 17.3 Å². The Morgan fingerprint density at radius 3 is 2.65 bits per heavy atom. The van der Waals surface area contributed by atoms with E-state index in [-0.39, 0.29) is 17.3 Å². The number of carbonyl (C=O) groups excluding carboxylic acids is 1. The van der Waals surface area contributed by atoms with Crippen molar-refractivity contribution in [1.82, 2.24) is 0 Å². The van der Waals surface area contributed by atoms with Gasteiger partial charge >= 0.3 is 0 Å². The molecule has 0 radical (unpaired) electrons. The highest BCUT2D eigenvalue weighted by molar-refractivity contribution is 6.08. The van der Waals surface area contributed by atoms with Crippen LogP contribution in [0.25, 0.3) is 16.8 Å². The molecular weight excluding hydrogens is 288 g/mol. The van der Waals surface area contributed by atoms with Crippen LogP contribution in [0.5, 0.6) is 11.5 Å². The zero-order valence-electron chi connectivity index (χ0n) is 12.7. The lowest BCUT2D eigenvalue weighted by atomic mass is 10.0. The summed E-state index contributed by atoms with van der Waals surface area (Å²) in [6.45, 7) is 0.